The van der Waals surface area contributed by atoms with Crippen molar-refractivity contribution in [3.8, 4) is 0 Å². The van der Waals surface area contributed by atoms with Crippen LogP contribution in [0.3, 0.4) is 0 Å². The summed E-state index contributed by atoms with van der Waals surface area (Å²) in [5.41, 5.74) is 6.32. The standard InChI is InChI=1S/C14H12F2N2O/c15-10-5-3-6-11(16)13(10)14(19)18-8-9-4-1-2-7-12(9)17/h1-7H,8,17H2,(H,18,19). The topological polar surface area (TPSA) is 55.1 Å². The summed E-state index contributed by atoms with van der Waals surface area (Å²) in [7, 11) is 0. The molecule has 2 rings (SSSR count). The molecule has 0 heterocycles. The van der Waals surface area contributed by atoms with Gasteiger partial charge in [-0.1, -0.05) is 24.3 Å². The van der Waals surface area contributed by atoms with E-state index in [1.807, 2.05) is 0 Å². The quantitative estimate of drug-likeness (QED) is 0.835. The second-order valence-corrected chi connectivity index (χ2v) is 3.98. The van der Waals surface area contributed by atoms with Crippen molar-refractivity contribution in [1.29, 1.82) is 0 Å². The Labute approximate surface area is 109 Å². The van der Waals surface area contributed by atoms with Gasteiger partial charge in [0, 0.05) is 12.2 Å². The largest absolute Gasteiger partial charge is 0.398 e. The van der Waals surface area contributed by atoms with E-state index < -0.39 is 23.1 Å². The van der Waals surface area contributed by atoms with Crippen LogP contribution in [0.4, 0.5) is 14.5 Å². The van der Waals surface area contributed by atoms with Crippen molar-refractivity contribution in [2.75, 3.05) is 5.73 Å². The lowest BCUT2D eigenvalue weighted by Crippen LogP contribution is -2.25. The van der Waals surface area contributed by atoms with Gasteiger partial charge >= 0.3 is 0 Å². The van der Waals surface area contributed by atoms with Crippen molar-refractivity contribution in [3.63, 3.8) is 0 Å². The summed E-state index contributed by atoms with van der Waals surface area (Å²) in [5.74, 6) is -2.59. The second kappa shape index (κ2) is 5.48. The van der Waals surface area contributed by atoms with Gasteiger partial charge in [-0.15, -0.1) is 0 Å². The summed E-state index contributed by atoms with van der Waals surface area (Å²) in [5, 5.41) is 2.44. The van der Waals surface area contributed by atoms with Gasteiger partial charge in [-0.3, -0.25) is 4.79 Å². The number of carbonyl (C=O) groups excluding carboxylic acids is 1. The molecule has 0 saturated carbocycles. The summed E-state index contributed by atoms with van der Waals surface area (Å²) in [6.07, 6.45) is 0. The molecule has 3 nitrogen and oxygen atoms in total. The summed E-state index contributed by atoms with van der Waals surface area (Å²) in [6, 6.07) is 10.2. The molecule has 0 aromatic heterocycles. The lowest BCUT2D eigenvalue weighted by molar-refractivity contribution is 0.0942. The van der Waals surface area contributed by atoms with Gasteiger partial charge in [0.2, 0.25) is 0 Å². The van der Waals surface area contributed by atoms with E-state index in [-0.39, 0.29) is 6.54 Å². The highest BCUT2D eigenvalue weighted by molar-refractivity contribution is 5.94. The molecule has 2 aromatic carbocycles. The van der Waals surface area contributed by atoms with Crippen molar-refractivity contribution in [2.24, 2.45) is 0 Å². The number of anilines is 1. The smallest absolute Gasteiger partial charge is 0.257 e. The summed E-state index contributed by atoms with van der Waals surface area (Å²) in [6.45, 7) is 0.110. The third-order valence-electron chi connectivity index (χ3n) is 2.68. The van der Waals surface area contributed by atoms with Crippen LogP contribution in [0.2, 0.25) is 0 Å². The predicted molar refractivity (Wildman–Crippen MR) is 68.4 cm³/mol. The SMILES string of the molecule is Nc1ccccc1CNC(=O)c1c(F)cccc1F. The molecular formula is C14H12F2N2O. The Morgan fingerprint density at radius 3 is 2.32 bits per heavy atom. The maximum atomic E-state index is 13.4. The fraction of sp³-hybridized carbons (Fsp3) is 0.0714. The zero-order valence-corrected chi connectivity index (χ0v) is 9.99. The van der Waals surface area contributed by atoms with E-state index in [4.69, 9.17) is 5.73 Å². The number of para-hydroxylation sites is 1. The Balaban J connectivity index is 2.13. The first-order valence-corrected chi connectivity index (χ1v) is 5.65. The number of benzene rings is 2. The first-order chi connectivity index (χ1) is 9.09. The molecule has 5 heteroatoms. The lowest BCUT2D eigenvalue weighted by atomic mass is 10.1. The van der Waals surface area contributed by atoms with Crippen LogP contribution in [0.1, 0.15) is 15.9 Å². The molecule has 3 N–H and O–H groups in total. The molecule has 0 aliphatic carbocycles. The molecule has 19 heavy (non-hydrogen) atoms. The molecule has 2 aromatic rings. The summed E-state index contributed by atoms with van der Waals surface area (Å²) < 4.78 is 26.8. The number of nitrogens with two attached hydrogens (primary N) is 1. The molecule has 0 bridgehead atoms. The zero-order chi connectivity index (χ0) is 13.8. The zero-order valence-electron chi connectivity index (χ0n) is 9.99. The molecule has 0 aliphatic heterocycles. The second-order valence-electron chi connectivity index (χ2n) is 3.98. The lowest BCUT2D eigenvalue weighted by Gasteiger charge is -2.08. The number of hydrogen-bond donors (Lipinski definition) is 2. The van der Waals surface area contributed by atoms with Gasteiger partial charge < -0.3 is 11.1 Å². The number of hydrogen-bond acceptors (Lipinski definition) is 2. The van der Waals surface area contributed by atoms with Gasteiger partial charge in [0.25, 0.3) is 5.91 Å². The average Bonchev–Trinajstić information content (AvgIpc) is 2.37. The Morgan fingerprint density at radius 1 is 1.05 bits per heavy atom. The first kappa shape index (κ1) is 13.0. The third kappa shape index (κ3) is 2.88. The molecule has 98 valence electrons. The van der Waals surface area contributed by atoms with E-state index in [0.717, 1.165) is 12.1 Å². The molecule has 0 aliphatic rings. The Kier molecular flexibility index (Phi) is 3.75. The fourth-order valence-corrected chi connectivity index (χ4v) is 1.67. The van der Waals surface area contributed by atoms with E-state index >= 15 is 0 Å². The average molecular weight is 262 g/mol. The van der Waals surface area contributed by atoms with E-state index in [1.54, 1.807) is 24.3 Å². The highest BCUT2D eigenvalue weighted by Gasteiger charge is 2.16. The Morgan fingerprint density at radius 2 is 1.68 bits per heavy atom. The number of rotatable bonds is 3. The van der Waals surface area contributed by atoms with E-state index in [1.165, 1.54) is 6.07 Å². The molecule has 0 spiro atoms. The van der Waals surface area contributed by atoms with Crippen molar-refractivity contribution < 1.29 is 13.6 Å². The van der Waals surface area contributed by atoms with Crippen LogP contribution in [0.15, 0.2) is 42.5 Å². The van der Waals surface area contributed by atoms with Gasteiger partial charge in [-0.25, -0.2) is 8.78 Å². The van der Waals surface area contributed by atoms with Crippen molar-refractivity contribution in [1.82, 2.24) is 5.32 Å². The Bertz CT molecular complexity index is 594. The minimum atomic E-state index is -0.890. The van der Waals surface area contributed by atoms with E-state index in [9.17, 15) is 13.6 Å². The van der Waals surface area contributed by atoms with Crippen LogP contribution >= 0.6 is 0 Å². The maximum Gasteiger partial charge on any atom is 0.257 e. The molecule has 0 fully saturated rings. The van der Waals surface area contributed by atoms with Crippen molar-refractivity contribution >= 4 is 11.6 Å². The van der Waals surface area contributed by atoms with Gasteiger partial charge in [0.05, 0.1) is 0 Å². The monoisotopic (exact) mass is 262 g/mol. The maximum absolute atomic E-state index is 13.4. The van der Waals surface area contributed by atoms with Crippen LogP contribution in [0.25, 0.3) is 0 Å². The Hall–Kier alpha value is -2.43. The van der Waals surface area contributed by atoms with Crippen LogP contribution in [-0.4, -0.2) is 5.91 Å². The normalized spacial score (nSPS) is 10.2. The third-order valence-corrected chi connectivity index (χ3v) is 2.68. The van der Waals surface area contributed by atoms with Gasteiger partial charge in [-0.2, -0.15) is 0 Å². The molecular weight excluding hydrogens is 250 g/mol. The molecule has 0 unspecified atom stereocenters. The van der Waals surface area contributed by atoms with Crippen molar-refractivity contribution in [2.45, 2.75) is 6.54 Å². The van der Waals surface area contributed by atoms with E-state index in [2.05, 4.69) is 5.32 Å². The van der Waals surface area contributed by atoms with Crippen LogP contribution in [0, 0.1) is 11.6 Å². The minimum Gasteiger partial charge on any atom is -0.398 e. The van der Waals surface area contributed by atoms with Crippen LogP contribution in [0.5, 0.6) is 0 Å². The summed E-state index contributed by atoms with van der Waals surface area (Å²) in [4.78, 5) is 11.7. The highest BCUT2D eigenvalue weighted by Crippen LogP contribution is 2.13. The predicted octanol–water partition coefficient (Wildman–Crippen LogP) is 2.48. The molecule has 1 amide bonds. The molecule has 0 radical (unpaired) electrons. The van der Waals surface area contributed by atoms with Gasteiger partial charge in [-0.05, 0) is 23.8 Å². The van der Waals surface area contributed by atoms with Gasteiger partial charge in [0.1, 0.15) is 17.2 Å². The highest BCUT2D eigenvalue weighted by atomic mass is 19.1. The van der Waals surface area contributed by atoms with Crippen LogP contribution < -0.4 is 11.1 Å². The van der Waals surface area contributed by atoms with Crippen LogP contribution in [-0.2, 0) is 6.54 Å². The number of halogens is 2. The number of amides is 1. The first-order valence-electron chi connectivity index (χ1n) is 5.65. The van der Waals surface area contributed by atoms with Crippen molar-refractivity contribution in [3.05, 3.63) is 65.2 Å². The summed E-state index contributed by atoms with van der Waals surface area (Å²) >= 11 is 0. The number of nitrogens with one attached hydrogen (secondary N) is 1. The minimum absolute atomic E-state index is 0.110. The number of carbonyl (C=O) groups is 1. The molecule has 0 saturated heterocycles. The van der Waals surface area contributed by atoms with Gasteiger partial charge in [0.15, 0.2) is 0 Å². The molecule has 0 atom stereocenters. The fourth-order valence-electron chi connectivity index (χ4n) is 1.67. The number of nitrogen functional groups attached to an aromatic ring is 1. The van der Waals surface area contributed by atoms with E-state index in [0.29, 0.717) is 11.3 Å².